The second-order valence-corrected chi connectivity index (χ2v) is 10.7. The average molecular weight is 486 g/mol. The summed E-state index contributed by atoms with van der Waals surface area (Å²) in [6.07, 6.45) is 0. The second-order valence-electron chi connectivity index (χ2n) is 7.58. The van der Waals surface area contributed by atoms with Crippen LogP contribution in [0.25, 0.3) is 11.3 Å². The maximum Gasteiger partial charge on any atom is 0.251 e. The van der Waals surface area contributed by atoms with Gasteiger partial charge in [0.25, 0.3) is 5.91 Å². The van der Waals surface area contributed by atoms with Crippen molar-refractivity contribution in [1.29, 1.82) is 0 Å². The standard InChI is InChI=1S/C22H23N5O4S2/c23-17-6-4-15(5-7-17)21(29)24-13-20(28)26-22-25-19(14-32-22)16-2-1-3-18(12-16)27-8-10-33(30,31)11-9-27/h1-7,12,14H,8-11,13,23H2,(H,24,29)(H,25,26,28). The Morgan fingerprint density at radius 2 is 1.82 bits per heavy atom. The van der Waals surface area contributed by atoms with E-state index in [1.165, 1.54) is 11.3 Å². The molecule has 2 aromatic carbocycles. The van der Waals surface area contributed by atoms with Gasteiger partial charge in [0.2, 0.25) is 5.91 Å². The van der Waals surface area contributed by atoms with Crippen LogP contribution in [0.4, 0.5) is 16.5 Å². The number of rotatable bonds is 6. The van der Waals surface area contributed by atoms with Crippen LogP contribution in [-0.2, 0) is 14.6 Å². The van der Waals surface area contributed by atoms with Crippen molar-refractivity contribution in [1.82, 2.24) is 10.3 Å². The Kier molecular flexibility index (Phi) is 6.61. The largest absolute Gasteiger partial charge is 0.399 e. The first kappa shape index (κ1) is 22.7. The fourth-order valence-corrected chi connectivity index (χ4v) is 5.29. The highest BCUT2D eigenvalue weighted by Gasteiger charge is 2.22. The number of hydrogen-bond donors (Lipinski definition) is 3. The van der Waals surface area contributed by atoms with Crippen LogP contribution in [0.15, 0.2) is 53.9 Å². The van der Waals surface area contributed by atoms with Crippen molar-refractivity contribution in [3.05, 3.63) is 59.5 Å². The highest BCUT2D eigenvalue weighted by atomic mass is 32.2. The van der Waals surface area contributed by atoms with Crippen LogP contribution in [0.2, 0.25) is 0 Å². The SMILES string of the molecule is Nc1ccc(C(=O)NCC(=O)Nc2nc(-c3cccc(N4CCS(=O)(=O)CC4)c3)cs2)cc1. The molecule has 172 valence electrons. The van der Waals surface area contributed by atoms with Crippen LogP contribution in [0.5, 0.6) is 0 Å². The third-order valence-electron chi connectivity index (χ3n) is 5.18. The monoisotopic (exact) mass is 485 g/mol. The van der Waals surface area contributed by atoms with E-state index in [0.29, 0.717) is 35.2 Å². The maximum atomic E-state index is 12.2. The molecule has 4 N–H and O–H groups in total. The molecule has 0 spiro atoms. The molecule has 0 unspecified atom stereocenters. The maximum absolute atomic E-state index is 12.2. The second kappa shape index (κ2) is 9.59. The lowest BCUT2D eigenvalue weighted by molar-refractivity contribution is -0.115. The molecule has 0 aliphatic carbocycles. The van der Waals surface area contributed by atoms with Gasteiger partial charge in [-0.05, 0) is 36.4 Å². The molecule has 0 radical (unpaired) electrons. The normalized spacial score (nSPS) is 15.1. The van der Waals surface area contributed by atoms with Crippen molar-refractivity contribution in [2.75, 3.05) is 47.1 Å². The Balaban J connectivity index is 1.34. The summed E-state index contributed by atoms with van der Waals surface area (Å²) in [5.74, 6) is -0.451. The van der Waals surface area contributed by atoms with Gasteiger partial charge in [0.15, 0.2) is 15.0 Å². The molecule has 0 atom stereocenters. The molecule has 11 heteroatoms. The van der Waals surface area contributed by atoms with E-state index < -0.39 is 9.84 Å². The van der Waals surface area contributed by atoms with Gasteiger partial charge in [0.1, 0.15) is 0 Å². The molecular formula is C22H23N5O4S2. The lowest BCUT2D eigenvalue weighted by atomic mass is 10.1. The third kappa shape index (κ3) is 5.88. The number of benzene rings is 2. The minimum absolute atomic E-state index is 0.152. The first-order valence-electron chi connectivity index (χ1n) is 10.2. The lowest BCUT2D eigenvalue weighted by Gasteiger charge is -2.29. The van der Waals surface area contributed by atoms with E-state index in [-0.39, 0.29) is 29.9 Å². The summed E-state index contributed by atoms with van der Waals surface area (Å²) in [4.78, 5) is 30.9. The summed E-state index contributed by atoms with van der Waals surface area (Å²) in [5, 5.41) is 7.51. The Bertz CT molecular complexity index is 1260. The van der Waals surface area contributed by atoms with Gasteiger partial charge in [-0.15, -0.1) is 11.3 Å². The number of anilines is 3. The van der Waals surface area contributed by atoms with Crippen LogP contribution in [0.3, 0.4) is 0 Å². The molecule has 3 aromatic rings. The molecule has 1 saturated heterocycles. The minimum Gasteiger partial charge on any atom is -0.399 e. The molecule has 4 rings (SSSR count). The fraction of sp³-hybridized carbons (Fsp3) is 0.227. The van der Waals surface area contributed by atoms with Crippen molar-refractivity contribution in [3.8, 4) is 11.3 Å². The number of thiazole rings is 1. The van der Waals surface area contributed by atoms with Gasteiger partial charge in [-0.1, -0.05) is 12.1 Å². The van der Waals surface area contributed by atoms with E-state index in [9.17, 15) is 18.0 Å². The quantitative estimate of drug-likeness (QED) is 0.455. The lowest BCUT2D eigenvalue weighted by Crippen LogP contribution is -2.40. The van der Waals surface area contributed by atoms with Crippen LogP contribution >= 0.6 is 11.3 Å². The first-order valence-corrected chi connectivity index (χ1v) is 12.9. The van der Waals surface area contributed by atoms with E-state index in [1.807, 2.05) is 34.5 Å². The molecule has 1 aliphatic rings. The van der Waals surface area contributed by atoms with Crippen LogP contribution < -0.4 is 21.3 Å². The molecule has 1 aromatic heterocycles. The molecule has 1 aliphatic heterocycles. The predicted octanol–water partition coefficient (Wildman–Crippen LogP) is 2.00. The Labute approximate surface area is 195 Å². The van der Waals surface area contributed by atoms with E-state index in [2.05, 4.69) is 15.6 Å². The highest BCUT2D eigenvalue weighted by Crippen LogP contribution is 2.28. The Hall–Kier alpha value is -3.44. The minimum atomic E-state index is -2.95. The topological polar surface area (TPSA) is 134 Å². The fourth-order valence-electron chi connectivity index (χ4n) is 3.36. The Morgan fingerprint density at radius 1 is 1.09 bits per heavy atom. The summed E-state index contributed by atoms with van der Waals surface area (Å²) in [7, 11) is -2.95. The number of amides is 2. The van der Waals surface area contributed by atoms with Crippen LogP contribution in [-0.4, -0.2) is 56.4 Å². The van der Waals surface area contributed by atoms with Crippen molar-refractivity contribution in [2.24, 2.45) is 0 Å². The average Bonchev–Trinajstić information content (AvgIpc) is 3.26. The number of nitrogens with zero attached hydrogens (tertiary/aromatic N) is 2. The van der Waals surface area contributed by atoms with E-state index >= 15 is 0 Å². The third-order valence-corrected chi connectivity index (χ3v) is 7.55. The van der Waals surface area contributed by atoms with E-state index in [4.69, 9.17) is 5.73 Å². The van der Waals surface area contributed by atoms with Gasteiger partial charge < -0.3 is 21.3 Å². The molecule has 2 amide bonds. The summed E-state index contributed by atoms with van der Waals surface area (Å²) < 4.78 is 23.4. The number of sulfone groups is 1. The first-order chi connectivity index (χ1) is 15.8. The predicted molar refractivity (Wildman–Crippen MR) is 130 cm³/mol. The molecule has 0 bridgehead atoms. The zero-order valence-corrected chi connectivity index (χ0v) is 19.3. The van der Waals surface area contributed by atoms with Crippen molar-refractivity contribution in [3.63, 3.8) is 0 Å². The molecular weight excluding hydrogens is 462 g/mol. The smallest absolute Gasteiger partial charge is 0.251 e. The number of carbonyl (C=O) groups is 2. The Morgan fingerprint density at radius 3 is 2.55 bits per heavy atom. The number of carbonyl (C=O) groups excluding carboxylic acids is 2. The number of hydrogen-bond acceptors (Lipinski definition) is 8. The molecule has 2 heterocycles. The summed E-state index contributed by atoms with van der Waals surface area (Å²) in [6.45, 7) is 0.740. The number of nitrogens with one attached hydrogen (secondary N) is 2. The molecule has 9 nitrogen and oxygen atoms in total. The number of nitrogen functional groups attached to an aromatic ring is 1. The summed E-state index contributed by atoms with van der Waals surface area (Å²) in [6, 6.07) is 14.1. The van der Waals surface area contributed by atoms with Gasteiger partial charge in [-0.3, -0.25) is 9.59 Å². The molecule has 33 heavy (non-hydrogen) atoms. The highest BCUT2D eigenvalue weighted by molar-refractivity contribution is 7.91. The zero-order chi connectivity index (χ0) is 23.4. The van der Waals surface area contributed by atoms with Crippen LogP contribution in [0, 0.1) is 0 Å². The summed E-state index contributed by atoms with van der Waals surface area (Å²) in [5.41, 5.74) is 9.09. The van der Waals surface area contributed by atoms with Crippen molar-refractivity contribution >= 4 is 49.5 Å². The molecule has 0 saturated carbocycles. The van der Waals surface area contributed by atoms with E-state index in [1.54, 1.807) is 24.3 Å². The van der Waals surface area contributed by atoms with Gasteiger partial charge in [-0.2, -0.15) is 0 Å². The van der Waals surface area contributed by atoms with Gasteiger partial charge in [0.05, 0.1) is 23.7 Å². The number of aromatic nitrogens is 1. The van der Waals surface area contributed by atoms with Crippen molar-refractivity contribution < 1.29 is 18.0 Å². The summed E-state index contributed by atoms with van der Waals surface area (Å²) >= 11 is 1.28. The van der Waals surface area contributed by atoms with Gasteiger partial charge in [-0.25, -0.2) is 13.4 Å². The van der Waals surface area contributed by atoms with Crippen molar-refractivity contribution in [2.45, 2.75) is 0 Å². The van der Waals surface area contributed by atoms with Crippen LogP contribution in [0.1, 0.15) is 10.4 Å². The molecule has 1 fully saturated rings. The zero-order valence-electron chi connectivity index (χ0n) is 17.7. The number of nitrogens with two attached hydrogens (primary N) is 1. The van der Waals surface area contributed by atoms with Gasteiger partial charge in [0, 0.05) is 41.0 Å². The van der Waals surface area contributed by atoms with Gasteiger partial charge >= 0.3 is 0 Å². The van der Waals surface area contributed by atoms with E-state index in [0.717, 1.165) is 11.3 Å².